The van der Waals surface area contributed by atoms with Crippen LogP contribution in [0, 0.1) is 11.6 Å². The van der Waals surface area contributed by atoms with Gasteiger partial charge in [0.25, 0.3) is 0 Å². The lowest BCUT2D eigenvalue weighted by atomic mass is 10.0. The van der Waals surface area contributed by atoms with E-state index in [0.717, 1.165) is 38.7 Å². The second-order valence-electron chi connectivity index (χ2n) is 6.10. The summed E-state index contributed by atoms with van der Waals surface area (Å²) in [7, 11) is -2.95. The minimum Gasteiger partial charge on any atom is -0.300 e. The van der Waals surface area contributed by atoms with Crippen molar-refractivity contribution >= 4 is 9.84 Å². The van der Waals surface area contributed by atoms with Gasteiger partial charge in [0.1, 0.15) is 21.5 Å². The van der Waals surface area contributed by atoms with Crippen molar-refractivity contribution in [1.29, 1.82) is 0 Å². The number of rotatable bonds is 6. The van der Waals surface area contributed by atoms with Crippen molar-refractivity contribution in [2.24, 2.45) is 0 Å². The van der Waals surface area contributed by atoms with Crippen LogP contribution >= 0.6 is 0 Å². The van der Waals surface area contributed by atoms with Gasteiger partial charge in [-0.2, -0.15) is 0 Å². The second kappa shape index (κ2) is 7.68. The molecule has 2 rings (SSSR count). The third kappa shape index (κ3) is 5.22. The minimum absolute atomic E-state index is 0.0762. The van der Waals surface area contributed by atoms with Gasteiger partial charge >= 0.3 is 0 Å². The summed E-state index contributed by atoms with van der Waals surface area (Å²) in [6.07, 6.45) is 1.99. The van der Waals surface area contributed by atoms with Gasteiger partial charge in [0.05, 0.1) is 5.75 Å². The molecule has 0 amide bonds. The zero-order valence-electron chi connectivity index (χ0n) is 13.6. The molecule has 0 N–H and O–H groups in total. The molecule has 0 bridgehead atoms. The first-order chi connectivity index (χ1) is 10.8. The molecule has 23 heavy (non-hydrogen) atoms. The molecule has 4 nitrogen and oxygen atoms in total. The lowest BCUT2D eigenvalue weighted by Gasteiger charge is -2.39. The first-order valence-electron chi connectivity index (χ1n) is 7.89. The fourth-order valence-electron chi connectivity index (χ4n) is 3.04. The fraction of sp³-hybridized carbons (Fsp3) is 0.625. The molecule has 1 aromatic carbocycles. The van der Waals surface area contributed by atoms with Gasteiger partial charge in [0.2, 0.25) is 0 Å². The summed E-state index contributed by atoms with van der Waals surface area (Å²) in [5, 5.41) is 0. The van der Waals surface area contributed by atoms with Crippen LogP contribution in [0.3, 0.4) is 0 Å². The lowest BCUT2D eigenvalue weighted by molar-refractivity contribution is 0.0959. The third-order valence-electron chi connectivity index (χ3n) is 4.33. The van der Waals surface area contributed by atoms with Gasteiger partial charge in [-0.05, 0) is 12.5 Å². The molecule has 1 atom stereocenters. The number of piperazine rings is 1. The summed E-state index contributed by atoms with van der Waals surface area (Å²) >= 11 is 0. The van der Waals surface area contributed by atoms with Crippen LogP contribution in [0.1, 0.15) is 24.9 Å². The number of nitrogens with zero attached hydrogens (tertiary/aromatic N) is 2. The Bertz CT molecular complexity index is 629. The van der Waals surface area contributed by atoms with Crippen LogP contribution in [0.4, 0.5) is 8.78 Å². The summed E-state index contributed by atoms with van der Waals surface area (Å²) in [6, 6.07) is 3.67. The van der Waals surface area contributed by atoms with E-state index in [1.54, 1.807) is 0 Å². The highest BCUT2D eigenvalue weighted by molar-refractivity contribution is 7.90. The molecular weight excluding hydrogens is 322 g/mol. The Labute approximate surface area is 137 Å². The zero-order valence-corrected chi connectivity index (χ0v) is 14.5. The van der Waals surface area contributed by atoms with Gasteiger partial charge in [0.15, 0.2) is 0 Å². The van der Waals surface area contributed by atoms with Crippen molar-refractivity contribution in [1.82, 2.24) is 9.80 Å². The van der Waals surface area contributed by atoms with E-state index < -0.39 is 21.5 Å². The molecule has 0 spiro atoms. The van der Waals surface area contributed by atoms with E-state index in [0.29, 0.717) is 12.1 Å². The Morgan fingerprint density at radius 1 is 1.17 bits per heavy atom. The van der Waals surface area contributed by atoms with Crippen LogP contribution in [-0.2, 0) is 9.84 Å². The smallest absolute Gasteiger partial charge is 0.148 e. The lowest BCUT2D eigenvalue weighted by Crippen LogP contribution is -2.48. The SMILES string of the molecule is CCC(c1ccc(F)cc1F)N1CCN(CCS(C)(=O)=O)CC1. The molecule has 1 saturated heterocycles. The normalized spacial score (nSPS) is 19.0. The van der Waals surface area contributed by atoms with Crippen LogP contribution < -0.4 is 0 Å². The van der Waals surface area contributed by atoms with Gasteiger partial charge in [-0.15, -0.1) is 0 Å². The van der Waals surface area contributed by atoms with Crippen molar-refractivity contribution in [3.8, 4) is 0 Å². The molecule has 0 aliphatic carbocycles. The first kappa shape index (κ1) is 18.3. The first-order valence-corrected chi connectivity index (χ1v) is 9.95. The van der Waals surface area contributed by atoms with E-state index in [9.17, 15) is 17.2 Å². The van der Waals surface area contributed by atoms with Gasteiger partial charge in [-0.3, -0.25) is 9.80 Å². The summed E-state index contributed by atoms with van der Waals surface area (Å²) in [5.41, 5.74) is 0.526. The highest BCUT2D eigenvalue weighted by Gasteiger charge is 2.26. The van der Waals surface area contributed by atoms with Crippen molar-refractivity contribution in [3.05, 3.63) is 35.4 Å². The molecule has 7 heteroatoms. The summed E-state index contributed by atoms with van der Waals surface area (Å²) in [6.45, 7) is 5.54. The maximum absolute atomic E-state index is 14.0. The van der Waals surface area contributed by atoms with Crippen molar-refractivity contribution < 1.29 is 17.2 Å². The van der Waals surface area contributed by atoms with Crippen molar-refractivity contribution in [3.63, 3.8) is 0 Å². The van der Waals surface area contributed by atoms with Gasteiger partial charge < -0.3 is 0 Å². The van der Waals surface area contributed by atoms with E-state index in [-0.39, 0.29) is 11.8 Å². The zero-order chi connectivity index (χ0) is 17.0. The predicted molar refractivity (Wildman–Crippen MR) is 87.1 cm³/mol. The molecule has 0 saturated carbocycles. The molecule has 0 radical (unpaired) electrons. The average Bonchev–Trinajstić information content (AvgIpc) is 2.48. The molecule has 1 unspecified atom stereocenters. The van der Waals surface area contributed by atoms with E-state index in [4.69, 9.17) is 0 Å². The number of hydrogen-bond donors (Lipinski definition) is 0. The number of sulfone groups is 1. The molecule has 130 valence electrons. The largest absolute Gasteiger partial charge is 0.300 e. The Balaban J connectivity index is 1.97. The van der Waals surface area contributed by atoms with E-state index in [1.165, 1.54) is 18.4 Å². The maximum atomic E-state index is 14.0. The van der Waals surface area contributed by atoms with E-state index in [1.807, 2.05) is 6.92 Å². The monoisotopic (exact) mass is 346 g/mol. The molecule has 1 aromatic rings. The molecule has 1 aliphatic heterocycles. The van der Waals surface area contributed by atoms with Crippen LogP contribution in [0.5, 0.6) is 0 Å². The van der Waals surface area contributed by atoms with Gasteiger partial charge in [0, 0.05) is 56.7 Å². The highest BCUT2D eigenvalue weighted by atomic mass is 32.2. The fourth-order valence-corrected chi connectivity index (χ4v) is 3.63. The van der Waals surface area contributed by atoms with E-state index in [2.05, 4.69) is 9.80 Å². The third-order valence-corrected chi connectivity index (χ3v) is 5.26. The number of halogens is 2. The van der Waals surface area contributed by atoms with Crippen molar-refractivity contribution in [2.45, 2.75) is 19.4 Å². The summed E-state index contributed by atoms with van der Waals surface area (Å²) < 4.78 is 49.6. The molecular formula is C16H24F2N2O2S. The number of hydrogen-bond acceptors (Lipinski definition) is 4. The quantitative estimate of drug-likeness (QED) is 0.791. The van der Waals surface area contributed by atoms with Crippen LogP contribution in [0.25, 0.3) is 0 Å². The Morgan fingerprint density at radius 3 is 2.35 bits per heavy atom. The summed E-state index contributed by atoms with van der Waals surface area (Å²) in [4.78, 5) is 4.30. The average molecular weight is 346 g/mol. The Hall–Kier alpha value is -1.05. The Kier molecular flexibility index (Phi) is 6.11. The highest BCUT2D eigenvalue weighted by Crippen LogP contribution is 2.27. The molecule has 1 aliphatic rings. The maximum Gasteiger partial charge on any atom is 0.148 e. The molecule has 1 fully saturated rings. The predicted octanol–water partition coefficient (Wildman–Crippen LogP) is 2.08. The minimum atomic E-state index is -2.95. The number of benzene rings is 1. The summed E-state index contributed by atoms with van der Waals surface area (Å²) in [5.74, 6) is -0.903. The van der Waals surface area contributed by atoms with Crippen molar-refractivity contribution in [2.75, 3.05) is 44.7 Å². The van der Waals surface area contributed by atoms with E-state index >= 15 is 0 Å². The molecule has 0 aromatic heterocycles. The second-order valence-corrected chi connectivity index (χ2v) is 8.36. The van der Waals surface area contributed by atoms with Crippen LogP contribution in [-0.4, -0.2) is 63.0 Å². The van der Waals surface area contributed by atoms with Gasteiger partial charge in [-0.1, -0.05) is 13.0 Å². The topological polar surface area (TPSA) is 40.6 Å². The van der Waals surface area contributed by atoms with Crippen LogP contribution in [0.15, 0.2) is 18.2 Å². The Morgan fingerprint density at radius 2 is 1.83 bits per heavy atom. The standard InChI is InChI=1S/C16H24F2N2O2S/c1-3-16(14-5-4-13(17)12-15(14)18)20-8-6-19(7-9-20)10-11-23(2,21)22/h4-5,12,16H,3,6-11H2,1-2H3. The van der Waals surface area contributed by atoms with Gasteiger partial charge in [-0.25, -0.2) is 17.2 Å². The van der Waals surface area contributed by atoms with Crippen LogP contribution in [0.2, 0.25) is 0 Å². The molecule has 1 heterocycles.